The van der Waals surface area contributed by atoms with Crippen molar-refractivity contribution in [1.29, 1.82) is 0 Å². The molecule has 0 aliphatic rings. The maximum atomic E-state index is 9.69. The van der Waals surface area contributed by atoms with Gasteiger partial charge in [0.2, 0.25) is 0 Å². The van der Waals surface area contributed by atoms with Gasteiger partial charge in [-0.25, -0.2) is 0 Å². The summed E-state index contributed by atoms with van der Waals surface area (Å²) in [6.45, 7) is 0. The first-order valence-corrected chi connectivity index (χ1v) is 5.62. The third-order valence-corrected chi connectivity index (χ3v) is 3.81. The van der Waals surface area contributed by atoms with Crippen LogP contribution in [0.4, 0.5) is 0 Å². The van der Waals surface area contributed by atoms with E-state index in [0.717, 1.165) is 13.7 Å². The quantitative estimate of drug-likeness (QED) is 0.820. The lowest BCUT2D eigenvalue weighted by molar-refractivity contribution is 0.373. The van der Waals surface area contributed by atoms with Crippen molar-refractivity contribution in [3.63, 3.8) is 0 Å². The van der Waals surface area contributed by atoms with Crippen LogP contribution in [0.1, 0.15) is 0 Å². The normalized spacial score (nSPS) is 10.6. The van der Waals surface area contributed by atoms with E-state index in [0.29, 0.717) is 5.75 Å². The van der Waals surface area contributed by atoms with Gasteiger partial charge in [-0.15, -0.1) is 11.3 Å². The number of aromatic hydroxyl groups is 1. The molecule has 2 rings (SSSR count). The molecule has 0 fully saturated rings. The molecule has 2 nitrogen and oxygen atoms in total. The molecule has 0 saturated heterocycles. The summed E-state index contributed by atoms with van der Waals surface area (Å²) in [4.78, 5) is 0. The zero-order valence-corrected chi connectivity index (χ0v) is 9.85. The van der Waals surface area contributed by atoms with Crippen molar-refractivity contribution in [1.82, 2.24) is 0 Å². The van der Waals surface area contributed by atoms with Crippen molar-refractivity contribution in [2.45, 2.75) is 0 Å². The molecule has 13 heavy (non-hydrogen) atoms. The lowest BCUT2D eigenvalue weighted by Crippen LogP contribution is -1.85. The smallest absolute Gasteiger partial charge is 0.172 e. The van der Waals surface area contributed by atoms with Crippen LogP contribution in [0.25, 0.3) is 10.1 Å². The van der Waals surface area contributed by atoms with Gasteiger partial charge in [0, 0.05) is 16.2 Å². The van der Waals surface area contributed by atoms with Gasteiger partial charge in [-0.2, -0.15) is 0 Å². The molecule has 4 heteroatoms. The van der Waals surface area contributed by atoms with Crippen LogP contribution in [0.2, 0.25) is 0 Å². The van der Waals surface area contributed by atoms with Crippen LogP contribution in [0.3, 0.4) is 0 Å². The third kappa shape index (κ3) is 1.38. The van der Waals surface area contributed by atoms with Crippen molar-refractivity contribution >= 4 is 44.0 Å². The molecule has 0 radical (unpaired) electrons. The van der Waals surface area contributed by atoms with E-state index >= 15 is 0 Å². The Morgan fingerprint density at radius 2 is 2.31 bits per heavy atom. The Kier molecular flexibility index (Phi) is 2.33. The maximum absolute atomic E-state index is 9.69. The number of ether oxygens (including phenoxy) is 1. The van der Waals surface area contributed by atoms with Gasteiger partial charge in [0.15, 0.2) is 11.5 Å². The van der Waals surface area contributed by atoms with Crippen LogP contribution in [-0.4, -0.2) is 12.2 Å². The minimum atomic E-state index is 0.231. The van der Waals surface area contributed by atoms with Gasteiger partial charge in [-0.1, -0.05) is 0 Å². The highest BCUT2D eigenvalue weighted by molar-refractivity contribution is 14.1. The molecule has 2 aromatic rings. The molecular weight excluding hydrogens is 299 g/mol. The lowest BCUT2D eigenvalue weighted by Gasteiger charge is -2.05. The highest BCUT2D eigenvalue weighted by Gasteiger charge is 2.11. The molecule has 68 valence electrons. The Balaban J connectivity index is 2.83. The molecule has 0 bridgehead atoms. The number of fused-ring (bicyclic) bond motifs is 1. The molecular formula is C9H7IO2S. The summed E-state index contributed by atoms with van der Waals surface area (Å²) in [6, 6.07) is 3.86. The Labute approximate surface area is 93.3 Å². The standard InChI is InChI=1S/C9H7IO2S/c1-12-6-4-7-5(2-3-13-7)8(10)9(6)11/h2-4,11H,1H3. The number of halogens is 1. The molecule has 0 unspecified atom stereocenters. The van der Waals surface area contributed by atoms with Crippen LogP contribution in [-0.2, 0) is 0 Å². The second-order valence-corrected chi connectivity index (χ2v) is 4.60. The van der Waals surface area contributed by atoms with Crippen molar-refractivity contribution in [2.24, 2.45) is 0 Å². The summed E-state index contributed by atoms with van der Waals surface area (Å²) in [7, 11) is 1.56. The molecule has 1 aromatic carbocycles. The first-order valence-electron chi connectivity index (χ1n) is 3.66. The Morgan fingerprint density at radius 1 is 1.54 bits per heavy atom. The SMILES string of the molecule is COc1cc2sccc2c(I)c1O. The van der Waals surface area contributed by atoms with Crippen LogP contribution in [0, 0.1) is 3.57 Å². The number of benzene rings is 1. The summed E-state index contributed by atoms with van der Waals surface area (Å²) in [5.74, 6) is 0.772. The molecule has 0 aliphatic heterocycles. The van der Waals surface area contributed by atoms with E-state index < -0.39 is 0 Å². The summed E-state index contributed by atoms with van der Waals surface area (Å²) < 4.78 is 7.05. The number of phenolic OH excluding ortho intramolecular Hbond substituents is 1. The molecule has 1 aromatic heterocycles. The predicted octanol–water partition coefficient (Wildman–Crippen LogP) is 3.22. The van der Waals surface area contributed by atoms with Gasteiger partial charge in [-0.05, 0) is 34.0 Å². The fourth-order valence-electron chi connectivity index (χ4n) is 1.19. The number of hydrogen-bond donors (Lipinski definition) is 1. The fraction of sp³-hybridized carbons (Fsp3) is 0.111. The molecule has 0 aliphatic carbocycles. The maximum Gasteiger partial charge on any atom is 0.172 e. The van der Waals surface area contributed by atoms with E-state index in [1.54, 1.807) is 18.4 Å². The van der Waals surface area contributed by atoms with Crippen molar-refractivity contribution in [3.05, 3.63) is 21.1 Å². The van der Waals surface area contributed by atoms with E-state index in [1.165, 1.54) is 0 Å². The minimum absolute atomic E-state index is 0.231. The van der Waals surface area contributed by atoms with Gasteiger partial charge in [0.25, 0.3) is 0 Å². The van der Waals surface area contributed by atoms with E-state index in [-0.39, 0.29) is 5.75 Å². The van der Waals surface area contributed by atoms with Gasteiger partial charge in [0.1, 0.15) is 0 Å². The first-order chi connectivity index (χ1) is 6.24. The summed E-state index contributed by atoms with van der Waals surface area (Å²) in [6.07, 6.45) is 0. The fourth-order valence-corrected chi connectivity index (χ4v) is 2.93. The topological polar surface area (TPSA) is 29.5 Å². The number of phenols is 1. The highest BCUT2D eigenvalue weighted by atomic mass is 127. The number of methoxy groups -OCH3 is 1. The predicted molar refractivity (Wildman–Crippen MR) is 62.8 cm³/mol. The van der Waals surface area contributed by atoms with Crippen molar-refractivity contribution < 1.29 is 9.84 Å². The average molecular weight is 306 g/mol. The third-order valence-electron chi connectivity index (χ3n) is 1.86. The second-order valence-electron chi connectivity index (χ2n) is 2.57. The molecule has 0 atom stereocenters. The second kappa shape index (κ2) is 3.34. The summed E-state index contributed by atoms with van der Waals surface area (Å²) >= 11 is 3.77. The summed E-state index contributed by atoms with van der Waals surface area (Å²) in [5.41, 5.74) is 0. The number of thiophene rings is 1. The van der Waals surface area contributed by atoms with E-state index in [4.69, 9.17) is 4.74 Å². The van der Waals surface area contributed by atoms with Crippen LogP contribution >= 0.6 is 33.9 Å². The number of hydrogen-bond acceptors (Lipinski definition) is 3. The Morgan fingerprint density at radius 3 is 3.00 bits per heavy atom. The van der Waals surface area contributed by atoms with Crippen LogP contribution in [0.15, 0.2) is 17.5 Å². The first kappa shape index (κ1) is 9.08. The Bertz CT molecular complexity index is 450. The molecule has 1 N–H and O–H groups in total. The van der Waals surface area contributed by atoms with E-state index in [9.17, 15) is 5.11 Å². The largest absolute Gasteiger partial charge is 0.504 e. The average Bonchev–Trinajstić information content (AvgIpc) is 2.59. The lowest BCUT2D eigenvalue weighted by atomic mass is 10.2. The van der Waals surface area contributed by atoms with Gasteiger partial charge < -0.3 is 9.84 Å². The van der Waals surface area contributed by atoms with Gasteiger partial charge >= 0.3 is 0 Å². The van der Waals surface area contributed by atoms with Crippen LogP contribution in [0.5, 0.6) is 11.5 Å². The van der Waals surface area contributed by atoms with Gasteiger partial charge in [-0.3, -0.25) is 0 Å². The zero-order valence-electron chi connectivity index (χ0n) is 6.87. The number of rotatable bonds is 1. The minimum Gasteiger partial charge on any atom is -0.504 e. The van der Waals surface area contributed by atoms with Crippen LogP contribution < -0.4 is 4.74 Å². The molecule has 1 heterocycles. The molecule has 0 spiro atoms. The van der Waals surface area contributed by atoms with E-state index in [2.05, 4.69) is 22.6 Å². The highest BCUT2D eigenvalue weighted by Crippen LogP contribution is 2.39. The van der Waals surface area contributed by atoms with Crippen molar-refractivity contribution in [2.75, 3.05) is 7.11 Å². The summed E-state index contributed by atoms with van der Waals surface area (Å²) in [5, 5.41) is 12.8. The monoisotopic (exact) mass is 306 g/mol. The molecule has 0 saturated carbocycles. The molecule has 0 amide bonds. The zero-order chi connectivity index (χ0) is 9.42. The Hall–Kier alpha value is -0.490. The van der Waals surface area contributed by atoms with Crippen molar-refractivity contribution in [3.8, 4) is 11.5 Å². The van der Waals surface area contributed by atoms with E-state index in [1.807, 2.05) is 17.5 Å². The van der Waals surface area contributed by atoms with Gasteiger partial charge in [0.05, 0.1) is 10.7 Å².